The molecule has 2 atom stereocenters. The zero-order valence-corrected chi connectivity index (χ0v) is 11.2. The summed E-state index contributed by atoms with van der Waals surface area (Å²) in [6.45, 7) is 6.35. The fraction of sp³-hybridized carbons (Fsp3) is 0.833. The van der Waals surface area contributed by atoms with Crippen LogP contribution in [0.1, 0.15) is 26.7 Å². The fourth-order valence-corrected chi connectivity index (χ4v) is 2.28. The maximum absolute atomic E-state index is 11.6. The summed E-state index contributed by atoms with van der Waals surface area (Å²) in [6.07, 6.45) is 1.93. The number of nitrogens with two attached hydrogens (primary N) is 1. The van der Waals surface area contributed by atoms with E-state index < -0.39 is 6.03 Å². The average Bonchev–Trinajstić information content (AvgIpc) is 2.31. The van der Waals surface area contributed by atoms with E-state index in [4.69, 9.17) is 5.73 Å². The molecule has 3 amide bonds. The molecule has 1 aliphatic heterocycles. The number of carbonyl (C=O) groups excluding carboxylic acids is 2. The number of amides is 3. The van der Waals surface area contributed by atoms with Crippen LogP contribution >= 0.6 is 0 Å². The highest BCUT2D eigenvalue weighted by molar-refractivity contribution is 5.95. The number of carbonyl (C=O) groups is 2. The normalized spacial score (nSPS) is 24.6. The Labute approximate surface area is 108 Å². The monoisotopic (exact) mass is 256 g/mol. The van der Waals surface area contributed by atoms with Crippen LogP contribution in [0, 0.1) is 5.92 Å². The van der Waals surface area contributed by atoms with Gasteiger partial charge >= 0.3 is 6.03 Å². The molecule has 6 nitrogen and oxygen atoms in total. The number of piperidine rings is 1. The Hall–Kier alpha value is -1.14. The van der Waals surface area contributed by atoms with Crippen LogP contribution in [-0.2, 0) is 4.79 Å². The van der Waals surface area contributed by atoms with E-state index in [1.165, 1.54) is 0 Å². The lowest BCUT2D eigenvalue weighted by atomic mass is 9.91. The highest BCUT2D eigenvalue weighted by Crippen LogP contribution is 2.17. The molecule has 4 N–H and O–H groups in total. The van der Waals surface area contributed by atoms with Gasteiger partial charge in [-0.25, -0.2) is 4.79 Å². The molecule has 1 rings (SSSR count). The van der Waals surface area contributed by atoms with E-state index in [-0.39, 0.29) is 18.5 Å². The van der Waals surface area contributed by atoms with E-state index >= 15 is 0 Å². The smallest absolute Gasteiger partial charge is 0.321 e. The minimum absolute atomic E-state index is 0.234. The third-order valence-electron chi connectivity index (χ3n) is 3.36. The van der Waals surface area contributed by atoms with Crippen molar-refractivity contribution in [3.63, 3.8) is 0 Å². The van der Waals surface area contributed by atoms with E-state index in [1.807, 2.05) is 6.92 Å². The molecule has 0 saturated carbocycles. The van der Waals surface area contributed by atoms with Gasteiger partial charge in [0.2, 0.25) is 5.91 Å². The Morgan fingerprint density at radius 3 is 2.72 bits per heavy atom. The first-order valence-electron chi connectivity index (χ1n) is 6.62. The quantitative estimate of drug-likeness (QED) is 0.655. The summed E-state index contributed by atoms with van der Waals surface area (Å²) in [5.41, 5.74) is 6.01. The van der Waals surface area contributed by atoms with Gasteiger partial charge in [0.05, 0.1) is 6.54 Å². The van der Waals surface area contributed by atoms with Gasteiger partial charge in [0.25, 0.3) is 0 Å². The van der Waals surface area contributed by atoms with Crippen molar-refractivity contribution in [2.45, 2.75) is 32.7 Å². The molecule has 1 saturated heterocycles. The molecule has 104 valence electrons. The van der Waals surface area contributed by atoms with Crippen LogP contribution in [0.3, 0.4) is 0 Å². The van der Waals surface area contributed by atoms with Crippen LogP contribution in [0.15, 0.2) is 0 Å². The molecule has 0 aromatic carbocycles. The summed E-state index contributed by atoms with van der Waals surface area (Å²) in [5.74, 6) is 0.183. The summed E-state index contributed by atoms with van der Waals surface area (Å²) in [5, 5.41) is 4.84. The second kappa shape index (κ2) is 7.33. The van der Waals surface area contributed by atoms with Crippen LogP contribution < -0.4 is 16.4 Å². The maximum atomic E-state index is 11.6. The van der Waals surface area contributed by atoms with Gasteiger partial charge in [0.1, 0.15) is 0 Å². The van der Waals surface area contributed by atoms with Gasteiger partial charge in [0, 0.05) is 25.7 Å². The molecule has 1 heterocycles. The summed E-state index contributed by atoms with van der Waals surface area (Å²) < 4.78 is 0. The summed E-state index contributed by atoms with van der Waals surface area (Å²) >= 11 is 0. The Kier molecular flexibility index (Phi) is 6.07. The second-order valence-electron chi connectivity index (χ2n) is 4.76. The van der Waals surface area contributed by atoms with Crippen molar-refractivity contribution < 1.29 is 9.59 Å². The predicted molar refractivity (Wildman–Crippen MR) is 70.0 cm³/mol. The first-order chi connectivity index (χ1) is 8.56. The number of nitrogens with zero attached hydrogens (tertiary/aromatic N) is 1. The molecule has 0 aromatic heterocycles. The van der Waals surface area contributed by atoms with Crippen molar-refractivity contribution in [2.75, 3.05) is 26.2 Å². The Morgan fingerprint density at radius 2 is 2.11 bits per heavy atom. The lowest BCUT2D eigenvalue weighted by molar-refractivity contribution is -0.121. The van der Waals surface area contributed by atoms with Crippen molar-refractivity contribution in [3.8, 4) is 0 Å². The van der Waals surface area contributed by atoms with Crippen LogP contribution in [0.4, 0.5) is 4.79 Å². The largest absolute Gasteiger partial charge is 0.338 e. The predicted octanol–water partition coefficient (Wildman–Crippen LogP) is -0.109. The maximum Gasteiger partial charge on any atom is 0.321 e. The van der Waals surface area contributed by atoms with Gasteiger partial charge in [-0.2, -0.15) is 0 Å². The molecule has 0 radical (unpaired) electrons. The first-order valence-corrected chi connectivity index (χ1v) is 6.62. The SMILES string of the molecule is CCNC(=O)NC(=O)CN1CCC(N)C(CC)C1. The van der Waals surface area contributed by atoms with Gasteiger partial charge < -0.3 is 11.1 Å². The molecule has 18 heavy (non-hydrogen) atoms. The summed E-state index contributed by atoms with van der Waals surface area (Å²) in [4.78, 5) is 24.9. The molecule has 1 aliphatic rings. The molecular formula is C12H24N4O2. The topological polar surface area (TPSA) is 87.5 Å². The van der Waals surface area contributed by atoms with E-state index in [2.05, 4.69) is 22.5 Å². The number of urea groups is 1. The molecule has 0 aliphatic carbocycles. The molecule has 0 aromatic rings. The minimum atomic E-state index is -0.428. The number of nitrogens with one attached hydrogen (secondary N) is 2. The van der Waals surface area contributed by atoms with Gasteiger partial charge in [-0.3, -0.25) is 15.0 Å². The van der Waals surface area contributed by atoms with Crippen LogP contribution in [0.5, 0.6) is 0 Å². The van der Waals surface area contributed by atoms with Crippen molar-refractivity contribution in [1.29, 1.82) is 0 Å². The van der Waals surface area contributed by atoms with E-state index in [0.29, 0.717) is 12.5 Å². The van der Waals surface area contributed by atoms with Crippen LogP contribution in [0.25, 0.3) is 0 Å². The van der Waals surface area contributed by atoms with Crippen molar-refractivity contribution >= 4 is 11.9 Å². The minimum Gasteiger partial charge on any atom is -0.338 e. The molecule has 0 bridgehead atoms. The number of imide groups is 1. The fourth-order valence-electron chi connectivity index (χ4n) is 2.28. The first kappa shape index (κ1) is 14.9. The second-order valence-corrected chi connectivity index (χ2v) is 4.76. The standard InChI is InChI=1S/C12H24N4O2/c1-3-9-7-16(6-5-10(9)13)8-11(17)15-12(18)14-4-2/h9-10H,3-8,13H2,1-2H3,(H2,14,15,17,18). The van der Waals surface area contributed by atoms with Crippen molar-refractivity contribution in [2.24, 2.45) is 11.7 Å². The van der Waals surface area contributed by atoms with Gasteiger partial charge in [0.15, 0.2) is 0 Å². The molecule has 0 spiro atoms. The Balaban J connectivity index is 2.34. The average molecular weight is 256 g/mol. The van der Waals surface area contributed by atoms with E-state index in [0.717, 1.165) is 25.9 Å². The van der Waals surface area contributed by atoms with E-state index in [1.54, 1.807) is 0 Å². The van der Waals surface area contributed by atoms with Gasteiger partial charge in [-0.05, 0) is 19.3 Å². The lowest BCUT2D eigenvalue weighted by Crippen LogP contribution is -2.51. The third-order valence-corrected chi connectivity index (χ3v) is 3.36. The summed E-state index contributed by atoms with van der Waals surface area (Å²) in [7, 11) is 0. The van der Waals surface area contributed by atoms with Gasteiger partial charge in [-0.15, -0.1) is 0 Å². The highest BCUT2D eigenvalue weighted by atomic mass is 16.2. The third kappa shape index (κ3) is 4.62. The van der Waals surface area contributed by atoms with Gasteiger partial charge in [-0.1, -0.05) is 13.3 Å². The van der Waals surface area contributed by atoms with Crippen molar-refractivity contribution in [1.82, 2.24) is 15.5 Å². The Bertz CT molecular complexity index is 296. The molecule has 1 fully saturated rings. The van der Waals surface area contributed by atoms with Crippen molar-refractivity contribution in [3.05, 3.63) is 0 Å². The van der Waals surface area contributed by atoms with Crippen LogP contribution in [-0.4, -0.2) is 49.1 Å². The Morgan fingerprint density at radius 1 is 1.39 bits per heavy atom. The molecule has 6 heteroatoms. The highest BCUT2D eigenvalue weighted by Gasteiger charge is 2.26. The zero-order chi connectivity index (χ0) is 13.5. The molecule has 2 unspecified atom stereocenters. The van der Waals surface area contributed by atoms with E-state index in [9.17, 15) is 9.59 Å². The number of rotatable bonds is 4. The lowest BCUT2D eigenvalue weighted by Gasteiger charge is -2.35. The summed E-state index contributed by atoms with van der Waals surface area (Å²) in [6, 6.07) is -0.194. The molecular weight excluding hydrogens is 232 g/mol. The number of hydrogen-bond acceptors (Lipinski definition) is 4. The zero-order valence-electron chi connectivity index (χ0n) is 11.2. The van der Waals surface area contributed by atoms with Crippen LogP contribution in [0.2, 0.25) is 0 Å². The number of hydrogen-bond donors (Lipinski definition) is 3. The number of likely N-dealkylation sites (tertiary alicyclic amines) is 1.